The van der Waals surface area contributed by atoms with Crippen LogP contribution >= 0.6 is 0 Å². The van der Waals surface area contributed by atoms with Gasteiger partial charge < -0.3 is 5.32 Å². The highest BCUT2D eigenvalue weighted by atomic mass is 32.2. The molecule has 1 N–H and O–H groups in total. The van der Waals surface area contributed by atoms with Gasteiger partial charge in [0.15, 0.2) is 0 Å². The van der Waals surface area contributed by atoms with Gasteiger partial charge in [-0.25, -0.2) is 8.42 Å². The fourth-order valence-corrected chi connectivity index (χ4v) is 4.25. The van der Waals surface area contributed by atoms with Crippen LogP contribution in [-0.2, 0) is 20.6 Å². The first-order chi connectivity index (χ1) is 10.9. The van der Waals surface area contributed by atoms with Crippen molar-refractivity contribution in [1.82, 2.24) is 14.5 Å². The molecule has 1 heterocycles. The van der Waals surface area contributed by atoms with E-state index in [0.717, 1.165) is 5.56 Å². The van der Waals surface area contributed by atoms with Crippen molar-refractivity contribution >= 4 is 15.9 Å². The van der Waals surface area contributed by atoms with E-state index in [1.807, 2.05) is 49.1 Å². The lowest BCUT2D eigenvalue weighted by Gasteiger charge is -2.36. The molecule has 0 saturated carbocycles. The third kappa shape index (κ3) is 4.76. The molecule has 0 bridgehead atoms. The van der Waals surface area contributed by atoms with Crippen molar-refractivity contribution in [2.75, 3.05) is 32.7 Å². The summed E-state index contributed by atoms with van der Waals surface area (Å²) in [6, 6.07) is 8.98. The van der Waals surface area contributed by atoms with Gasteiger partial charge in [0, 0.05) is 32.7 Å². The summed E-state index contributed by atoms with van der Waals surface area (Å²) in [7, 11) is -3.31. The molecule has 1 fully saturated rings. The molecular weight excluding hydrogens is 314 g/mol. The maximum Gasteiger partial charge on any atom is 0.237 e. The molecule has 0 spiro atoms. The third-order valence-electron chi connectivity index (χ3n) is 4.14. The molecule has 128 valence electrons. The summed E-state index contributed by atoms with van der Waals surface area (Å²) in [5.74, 6) is 0.0211. The minimum Gasteiger partial charge on any atom is -0.355 e. The van der Waals surface area contributed by atoms with Gasteiger partial charge in [0.2, 0.25) is 15.9 Å². The SMILES string of the molecule is CCNC(=O)[C@H](C)N1CCN(S(=O)(=O)Cc2ccccc2)CC1. The van der Waals surface area contributed by atoms with Crippen molar-refractivity contribution in [3.63, 3.8) is 0 Å². The summed E-state index contributed by atoms with van der Waals surface area (Å²) in [5, 5.41) is 2.80. The van der Waals surface area contributed by atoms with E-state index in [0.29, 0.717) is 32.7 Å². The second-order valence-corrected chi connectivity index (χ2v) is 7.72. The Bertz CT molecular complexity index is 611. The Morgan fingerprint density at radius 2 is 1.78 bits per heavy atom. The van der Waals surface area contributed by atoms with E-state index in [1.54, 1.807) is 0 Å². The maximum absolute atomic E-state index is 12.5. The second kappa shape index (κ2) is 7.90. The third-order valence-corrected chi connectivity index (χ3v) is 5.99. The highest BCUT2D eigenvalue weighted by molar-refractivity contribution is 7.88. The predicted octanol–water partition coefficient (Wildman–Crippen LogP) is 0.659. The van der Waals surface area contributed by atoms with Crippen LogP contribution in [0.2, 0.25) is 0 Å². The van der Waals surface area contributed by atoms with Gasteiger partial charge in [-0.1, -0.05) is 30.3 Å². The van der Waals surface area contributed by atoms with Gasteiger partial charge in [-0.15, -0.1) is 0 Å². The molecule has 0 unspecified atom stereocenters. The molecule has 1 atom stereocenters. The molecule has 2 rings (SSSR count). The zero-order chi connectivity index (χ0) is 16.9. The summed E-state index contributed by atoms with van der Waals surface area (Å²) in [4.78, 5) is 13.9. The van der Waals surface area contributed by atoms with E-state index in [4.69, 9.17) is 0 Å². The molecule has 1 aliphatic heterocycles. The van der Waals surface area contributed by atoms with Gasteiger partial charge in [-0.05, 0) is 19.4 Å². The van der Waals surface area contributed by atoms with Crippen LogP contribution < -0.4 is 5.32 Å². The number of nitrogens with zero attached hydrogens (tertiary/aromatic N) is 2. The van der Waals surface area contributed by atoms with Crippen LogP contribution in [0, 0.1) is 0 Å². The summed E-state index contributed by atoms with van der Waals surface area (Å²) in [5.41, 5.74) is 0.797. The Hall–Kier alpha value is -1.44. The van der Waals surface area contributed by atoms with Crippen LogP contribution in [0.4, 0.5) is 0 Å². The van der Waals surface area contributed by atoms with Crippen molar-refractivity contribution in [2.24, 2.45) is 0 Å². The van der Waals surface area contributed by atoms with E-state index in [-0.39, 0.29) is 17.7 Å². The van der Waals surface area contributed by atoms with Crippen LogP contribution in [-0.4, -0.2) is 62.3 Å². The Labute approximate surface area is 138 Å². The van der Waals surface area contributed by atoms with Crippen LogP contribution in [0.1, 0.15) is 19.4 Å². The molecule has 1 aromatic rings. The van der Waals surface area contributed by atoms with Crippen LogP contribution in [0.5, 0.6) is 0 Å². The van der Waals surface area contributed by atoms with Gasteiger partial charge in [-0.2, -0.15) is 4.31 Å². The van der Waals surface area contributed by atoms with Gasteiger partial charge in [0.25, 0.3) is 0 Å². The molecule has 0 aliphatic carbocycles. The molecule has 1 aliphatic rings. The highest BCUT2D eigenvalue weighted by Gasteiger charge is 2.30. The zero-order valence-electron chi connectivity index (χ0n) is 13.7. The number of carbonyl (C=O) groups is 1. The standard InChI is InChI=1S/C16H25N3O3S/c1-3-17-16(20)14(2)18-9-11-19(12-10-18)23(21,22)13-15-7-5-4-6-8-15/h4-8,14H,3,9-13H2,1-2H3,(H,17,20)/t14-/m0/s1. The van der Waals surface area contributed by atoms with Crippen molar-refractivity contribution in [2.45, 2.75) is 25.6 Å². The molecule has 7 heteroatoms. The number of rotatable bonds is 6. The van der Waals surface area contributed by atoms with Crippen molar-refractivity contribution in [3.8, 4) is 0 Å². The molecular formula is C16H25N3O3S. The number of nitrogens with one attached hydrogen (secondary N) is 1. The van der Waals surface area contributed by atoms with E-state index < -0.39 is 10.0 Å². The topological polar surface area (TPSA) is 69.7 Å². The second-order valence-electron chi connectivity index (χ2n) is 5.75. The molecule has 1 saturated heterocycles. The zero-order valence-corrected chi connectivity index (χ0v) is 14.6. The minimum atomic E-state index is -3.31. The lowest BCUT2D eigenvalue weighted by molar-refractivity contribution is -0.126. The van der Waals surface area contributed by atoms with Gasteiger partial charge >= 0.3 is 0 Å². The number of amides is 1. The highest BCUT2D eigenvalue weighted by Crippen LogP contribution is 2.15. The van der Waals surface area contributed by atoms with Gasteiger partial charge in [0.1, 0.15) is 0 Å². The molecule has 6 nitrogen and oxygen atoms in total. The Balaban J connectivity index is 1.92. The number of carbonyl (C=O) groups excluding carboxylic acids is 1. The quantitative estimate of drug-likeness (QED) is 0.827. The molecule has 0 aromatic heterocycles. The lowest BCUT2D eigenvalue weighted by atomic mass is 10.2. The average Bonchev–Trinajstić information content (AvgIpc) is 2.55. The summed E-state index contributed by atoms with van der Waals surface area (Å²) in [6.45, 7) is 6.36. The molecule has 1 amide bonds. The Morgan fingerprint density at radius 3 is 2.35 bits per heavy atom. The van der Waals surface area contributed by atoms with Crippen LogP contribution in [0.15, 0.2) is 30.3 Å². The van der Waals surface area contributed by atoms with Gasteiger partial charge in [0.05, 0.1) is 11.8 Å². The predicted molar refractivity (Wildman–Crippen MR) is 90.4 cm³/mol. The summed E-state index contributed by atoms with van der Waals surface area (Å²) < 4.78 is 26.5. The number of sulfonamides is 1. The molecule has 23 heavy (non-hydrogen) atoms. The smallest absolute Gasteiger partial charge is 0.237 e. The number of piperazine rings is 1. The fourth-order valence-electron chi connectivity index (χ4n) is 2.73. The van der Waals surface area contributed by atoms with E-state index in [2.05, 4.69) is 5.32 Å². The number of benzene rings is 1. The Morgan fingerprint density at radius 1 is 1.17 bits per heavy atom. The van der Waals surface area contributed by atoms with Crippen molar-refractivity contribution in [3.05, 3.63) is 35.9 Å². The largest absolute Gasteiger partial charge is 0.355 e. The first kappa shape index (κ1) is 17.9. The first-order valence-electron chi connectivity index (χ1n) is 7.97. The van der Waals surface area contributed by atoms with Crippen LogP contribution in [0.3, 0.4) is 0 Å². The summed E-state index contributed by atoms with van der Waals surface area (Å²) in [6.07, 6.45) is 0. The summed E-state index contributed by atoms with van der Waals surface area (Å²) >= 11 is 0. The number of hydrogen-bond donors (Lipinski definition) is 1. The lowest BCUT2D eigenvalue weighted by Crippen LogP contribution is -2.55. The molecule has 0 radical (unpaired) electrons. The Kier molecular flexibility index (Phi) is 6.15. The fraction of sp³-hybridized carbons (Fsp3) is 0.562. The monoisotopic (exact) mass is 339 g/mol. The maximum atomic E-state index is 12.5. The van der Waals surface area contributed by atoms with Gasteiger partial charge in [-0.3, -0.25) is 9.69 Å². The average molecular weight is 339 g/mol. The molecule has 1 aromatic carbocycles. The van der Waals surface area contributed by atoms with Crippen molar-refractivity contribution < 1.29 is 13.2 Å². The van der Waals surface area contributed by atoms with E-state index in [9.17, 15) is 13.2 Å². The van der Waals surface area contributed by atoms with E-state index in [1.165, 1.54) is 4.31 Å². The first-order valence-corrected chi connectivity index (χ1v) is 9.58. The van der Waals surface area contributed by atoms with E-state index >= 15 is 0 Å². The number of hydrogen-bond acceptors (Lipinski definition) is 4. The minimum absolute atomic E-state index is 0.00640. The van der Waals surface area contributed by atoms with Crippen LogP contribution in [0.25, 0.3) is 0 Å². The number of likely N-dealkylation sites (N-methyl/N-ethyl adjacent to an activating group) is 1. The van der Waals surface area contributed by atoms with Crippen molar-refractivity contribution in [1.29, 1.82) is 0 Å². The normalized spacial score (nSPS) is 18.5.